The van der Waals surface area contributed by atoms with Crippen LogP contribution in [0.2, 0.25) is 0 Å². The molecule has 0 bridgehead atoms. The summed E-state index contributed by atoms with van der Waals surface area (Å²) in [5.41, 5.74) is 0.563. The van der Waals surface area contributed by atoms with E-state index in [-0.39, 0.29) is 12.2 Å². The lowest BCUT2D eigenvalue weighted by atomic mass is 10.2. The van der Waals surface area contributed by atoms with E-state index in [0.717, 1.165) is 12.3 Å². The minimum absolute atomic E-state index is 0.177. The molecule has 0 aliphatic rings. The molecule has 1 N–H and O–H groups in total. The molecule has 0 aromatic carbocycles. The van der Waals surface area contributed by atoms with Crippen molar-refractivity contribution in [2.75, 3.05) is 40.0 Å². The van der Waals surface area contributed by atoms with Crippen molar-refractivity contribution in [3.05, 3.63) is 0 Å². The van der Waals surface area contributed by atoms with Crippen molar-refractivity contribution in [3.8, 4) is 0 Å². The van der Waals surface area contributed by atoms with Crippen LogP contribution in [0.4, 0.5) is 0 Å². The second-order valence-electron chi connectivity index (χ2n) is 5.11. The second-order valence-corrected chi connectivity index (χ2v) is 5.11. The molecule has 0 aromatic rings. The van der Waals surface area contributed by atoms with Gasteiger partial charge in [0.25, 0.3) is 0 Å². The zero-order valence-electron chi connectivity index (χ0n) is 11.7. The van der Waals surface area contributed by atoms with Gasteiger partial charge in [-0.05, 0) is 34.7 Å². The summed E-state index contributed by atoms with van der Waals surface area (Å²) in [5, 5.41) is 12.7. The number of aliphatic hydroxyl groups is 1. The maximum Gasteiger partial charge on any atom is 0.129 e. The molecule has 5 heteroatoms. The van der Waals surface area contributed by atoms with Gasteiger partial charge in [-0.3, -0.25) is 0 Å². The van der Waals surface area contributed by atoms with Gasteiger partial charge in [0.05, 0.1) is 25.5 Å². The van der Waals surface area contributed by atoms with Crippen LogP contribution in [-0.2, 0) is 9.57 Å². The van der Waals surface area contributed by atoms with Gasteiger partial charge in [0.2, 0.25) is 0 Å². The normalized spacial score (nSPS) is 13.2. The highest BCUT2D eigenvalue weighted by atomic mass is 16.6. The number of hydrogen-bond acceptors (Lipinski definition) is 5. The van der Waals surface area contributed by atoms with Gasteiger partial charge >= 0.3 is 0 Å². The molecular weight excluding hydrogens is 220 g/mol. The van der Waals surface area contributed by atoms with Crippen molar-refractivity contribution < 1.29 is 14.7 Å². The molecule has 5 nitrogen and oxygen atoms in total. The van der Waals surface area contributed by atoms with E-state index in [1.807, 2.05) is 39.6 Å². The summed E-state index contributed by atoms with van der Waals surface area (Å²) in [6.07, 6.45) is 0. The van der Waals surface area contributed by atoms with E-state index in [9.17, 15) is 0 Å². The lowest BCUT2D eigenvalue weighted by molar-refractivity contribution is -0.000731. The number of ether oxygens (including phenoxy) is 1. The summed E-state index contributed by atoms with van der Waals surface area (Å²) >= 11 is 0. The van der Waals surface area contributed by atoms with Crippen LogP contribution in [0.5, 0.6) is 0 Å². The van der Waals surface area contributed by atoms with E-state index in [1.165, 1.54) is 0 Å². The van der Waals surface area contributed by atoms with Gasteiger partial charge in [0, 0.05) is 13.1 Å². The van der Waals surface area contributed by atoms with Crippen molar-refractivity contribution in [2.45, 2.75) is 33.3 Å². The SMILES string of the molecule is CC(COCCN(C)CCO)=NOC(C)(C)C. The summed E-state index contributed by atoms with van der Waals surface area (Å²) in [4.78, 5) is 7.28. The van der Waals surface area contributed by atoms with Crippen LogP contribution >= 0.6 is 0 Å². The maximum absolute atomic E-state index is 8.71. The molecule has 0 aliphatic carbocycles. The highest BCUT2D eigenvalue weighted by molar-refractivity contribution is 5.82. The molecule has 0 unspecified atom stereocenters. The molecular formula is C12H26N2O3. The molecule has 0 aromatic heterocycles. The first-order valence-electron chi connectivity index (χ1n) is 5.94. The Morgan fingerprint density at radius 2 is 1.94 bits per heavy atom. The molecule has 0 rings (SSSR count). The number of hydrogen-bond donors (Lipinski definition) is 1. The third-order valence-electron chi connectivity index (χ3n) is 1.89. The Kier molecular flexibility index (Phi) is 8.12. The summed E-state index contributed by atoms with van der Waals surface area (Å²) in [5.74, 6) is 0. The van der Waals surface area contributed by atoms with E-state index in [0.29, 0.717) is 19.8 Å². The van der Waals surface area contributed by atoms with Gasteiger partial charge in [-0.2, -0.15) is 0 Å². The average molecular weight is 246 g/mol. The minimum Gasteiger partial charge on any atom is -0.395 e. The Labute approximate surface area is 104 Å². The van der Waals surface area contributed by atoms with Gasteiger partial charge in [0.15, 0.2) is 0 Å². The molecule has 0 radical (unpaired) electrons. The molecule has 0 saturated heterocycles. The van der Waals surface area contributed by atoms with Crippen LogP contribution in [0.3, 0.4) is 0 Å². The zero-order chi connectivity index (χ0) is 13.3. The van der Waals surface area contributed by atoms with Gasteiger partial charge in [-0.1, -0.05) is 5.16 Å². The van der Waals surface area contributed by atoms with E-state index < -0.39 is 0 Å². The standard InChI is InChI=1S/C12H26N2O3/c1-11(13-17-12(2,3)4)10-16-9-7-14(5)6-8-15/h15H,6-10H2,1-5H3. The quantitative estimate of drug-likeness (QED) is 0.396. The number of rotatable bonds is 8. The predicted octanol–water partition coefficient (Wildman–Crippen LogP) is 1.12. The fourth-order valence-corrected chi connectivity index (χ4v) is 0.964. The summed E-state index contributed by atoms with van der Waals surface area (Å²) in [6, 6.07) is 0. The van der Waals surface area contributed by atoms with Crippen LogP contribution in [0.15, 0.2) is 5.16 Å². The molecule has 0 heterocycles. The average Bonchev–Trinajstić information content (AvgIpc) is 2.21. The molecule has 0 aliphatic heterocycles. The number of aliphatic hydroxyl groups excluding tert-OH is 1. The summed E-state index contributed by atoms with van der Waals surface area (Å²) in [6.45, 7) is 10.5. The van der Waals surface area contributed by atoms with Crippen molar-refractivity contribution in [3.63, 3.8) is 0 Å². The maximum atomic E-state index is 8.71. The molecule has 0 spiro atoms. The summed E-state index contributed by atoms with van der Waals surface area (Å²) in [7, 11) is 1.95. The molecule has 0 atom stereocenters. The van der Waals surface area contributed by atoms with E-state index in [2.05, 4.69) is 5.16 Å². The van der Waals surface area contributed by atoms with E-state index >= 15 is 0 Å². The summed E-state index contributed by atoms with van der Waals surface area (Å²) < 4.78 is 5.44. The van der Waals surface area contributed by atoms with Crippen molar-refractivity contribution in [2.24, 2.45) is 5.16 Å². The van der Waals surface area contributed by atoms with Crippen LogP contribution in [0.1, 0.15) is 27.7 Å². The van der Waals surface area contributed by atoms with Gasteiger partial charge < -0.3 is 19.6 Å². The molecule has 0 fully saturated rings. The zero-order valence-corrected chi connectivity index (χ0v) is 11.7. The number of likely N-dealkylation sites (N-methyl/N-ethyl adjacent to an activating group) is 1. The molecule has 0 saturated carbocycles. The topological polar surface area (TPSA) is 54.3 Å². The van der Waals surface area contributed by atoms with Crippen molar-refractivity contribution in [1.29, 1.82) is 0 Å². The lowest BCUT2D eigenvalue weighted by Crippen LogP contribution is -2.26. The van der Waals surface area contributed by atoms with Crippen molar-refractivity contribution >= 4 is 5.71 Å². The van der Waals surface area contributed by atoms with Crippen LogP contribution < -0.4 is 0 Å². The monoisotopic (exact) mass is 246 g/mol. The van der Waals surface area contributed by atoms with Gasteiger partial charge in [0.1, 0.15) is 5.60 Å². The molecule has 102 valence electrons. The minimum atomic E-state index is -0.261. The third kappa shape index (κ3) is 11.6. The smallest absolute Gasteiger partial charge is 0.129 e. The Bertz CT molecular complexity index is 224. The second kappa shape index (κ2) is 8.44. The molecule has 17 heavy (non-hydrogen) atoms. The first kappa shape index (κ1) is 16.4. The largest absolute Gasteiger partial charge is 0.395 e. The number of nitrogens with zero attached hydrogens (tertiary/aromatic N) is 2. The van der Waals surface area contributed by atoms with Crippen LogP contribution in [0.25, 0.3) is 0 Å². The van der Waals surface area contributed by atoms with E-state index in [1.54, 1.807) is 0 Å². The third-order valence-corrected chi connectivity index (χ3v) is 1.89. The highest BCUT2D eigenvalue weighted by Gasteiger charge is 2.10. The Balaban J connectivity index is 3.61. The fraction of sp³-hybridized carbons (Fsp3) is 0.917. The van der Waals surface area contributed by atoms with Crippen LogP contribution in [0, 0.1) is 0 Å². The lowest BCUT2D eigenvalue weighted by Gasteiger charge is -2.17. The number of oxime groups is 1. The van der Waals surface area contributed by atoms with Gasteiger partial charge in [-0.15, -0.1) is 0 Å². The first-order chi connectivity index (χ1) is 7.85. The highest BCUT2D eigenvalue weighted by Crippen LogP contribution is 2.06. The Hall–Kier alpha value is -0.650. The van der Waals surface area contributed by atoms with Crippen LogP contribution in [-0.4, -0.2) is 61.3 Å². The van der Waals surface area contributed by atoms with Crippen molar-refractivity contribution in [1.82, 2.24) is 4.90 Å². The molecule has 0 amide bonds. The predicted molar refractivity (Wildman–Crippen MR) is 69.3 cm³/mol. The first-order valence-corrected chi connectivity index (χ1v) is 5.94. The van der Waals surface area contributed by atoms with E-state index in [4.69, 9.17) is 14.7 Å². The fourth-order valence-electron chi connectivity index (χ4n) is 0.964. The Morgan fingerprint density at radius 1 is 1.29 bits per heavy atom. The van der Waals surface area contributed by atoms with Gasteiger partial charge in [-0.25, -0.2) is 0 Å². The Morgan fingerprint density at radius 3 is 2.47 bits per heavy atom.